The fourth-order valence-electron chi connectivity index (χ4n) is 0.942. The molecule has 0 saturated carbocycles. The lowest BCUT2D eigenvalue weighted by Gasteiger charge is -1.93. The number of carbonyl (C=O) groups is 1. The predicted octanol–water partition coefficient (Wildman–Crippen LogP) is 2.97. The normalized spacial score (nSPS) is 8.44. The lowest BCUT2D eigenvalue weighted by molar-refractivity contribution is 0.250. The number of hydrogen-bond donors (Lipinski definition) is 1. The Hall–Kier alpha value is -2.69. The molecule has 0 aromatic carbocycles. The molecular weight excluding hydrogens is 232 g/mol. The average molecular weight is 246 g/mol. The van der Waals surface area contributed by atoms with Crippen LogP contribution in [-0.2, 0) is 0 Å². The van der Waals surface area contributed by atoms with Crippen LogP contribution in [0.15, 0.2) is 82.7 Å². The highest BCUT2D eigenvalue weighted by Gasteiger charge is 1.87. The average Bonchev–Trinajstić information content (AvgIpc) is 2.36. The molecule has 2 N–H and O–H groups in total. The zero-order chi connectivity index (χ0) is 13.1. The van der Waals surface area contributed by atoms with E-state index in [0.29, 0.717) is 0 Å². The smallest absolute Gasteiger partial charge is 0.322 e. The maximum atomic E-state index is 11.0. The van der Waals surface area contributed by atoms with Gasteiger partial charge in [-0.05, 0) is 12.1 Å². The van der Waals surface area contributed by atoms with Gasteiger partial charge in [0.25, 0.3) is 0 Å². The summed E-state index contributed by atoms with van der Waals surface area (Å²) in [7, 11) is 0. The van der Waals surface area contributed by atoms with Gasteiger partial charge in [0.1, 0.15) is 18.8 Å². The number of nitrogens with two attached hydrogens (primary N) is 1. The van der Waals surface area contributed by atoms with Crippen molar-refractivity contribution in [3.8, 4) is 0 Å². The van der Waals surface area contributed by atoms with Crippen molar-refractivity contribution in [1.82, 2.24) is 4.57 Å². The molecule has 1 rings (SSSR count). The first-order chi connectivity index (χ1) is 8.80. The Labute approximate surface area is 104 Å². The largest absolute Gasteiger partial charge is 0.469 e. The molecule has 0 fully saturated rings. The van der Waals surface area contributed by atoms with E-state index in [9.17, 15) is 4.79 Å². The van der Waals surface area contributed by atoms with Crippen molar-refractivity contribution in [2.75, 3.05) is 0 Å². The summed E-state index contributed by atoms with van der Waals surface area (Å²) in [6.45, 7) is 0. The van der Waals surface area contributed by atoms with Crippen molar-refractivity contribution < 1.29 is 13.6 Å². The van der Waals surface area contributed by atoms with Crippen molar-refractivity contribution in [3.63, 3.8) is 0 Å². The van der Waals surface area contributed by atoms with Crippen LogP contribution in [-0.4, -0.2) is 10.6 Å². The summed E-state index contributed by atoms with van der Waals surface area (Å²) in [4.78, 5) is 11.0. The van der Waals surface area contributed by atoms with Gasteiger partial charge in [0.05, 0.1) is 6.26 Å². The van der Waals surface area contributed by atoms with E-state index in [2.05, 4.69) is 0 Å². The van der Waals surface area contributed by atoms with E-state index in [1.165, 1.54) is 42.0 Å². The van der Waals surface area contributed by atoms with Gasteiger partial charge in [-0.25, -0.2) is 4.79 Å². The highest BCUT2D eigenvalue weighted by molar-refractivity contribution is 5.74. The molecule has 0 radical (unpaired) electrons. The van der Waals surface area contributed by atoms with Crippen LogP contribution in [0.5, 0.6) is 0 Å². The van der Waals surface area contributed by atoms with Gasteiger partial charge < -0.3 is 14.6 Å². The van der Waals surface area contributed by atoms with Crippen LogP contribution in [0.2, 0.25) is 0 Å². The fraction of sp³-hybridized carbons (Fsp3) is 0. The van der Waals surface area contributed by atoms with Crippen LogP contribution in [0.25, 0.3) is 0 Å². The molecular formula is C13H14N2O3. The van der Waals surface area contributed by atoms with Crippen molar-refractivity contribution in [2.45, 2.75) is 0 Å². The van der Waals surface area contributed by atoms with Crippen LogP contribution in [0.1, 0.15) is 0 Å². The van der Waals surface area contributed by atoms with Crippen molar-refractivity contribution in [1.29, 1.82) is 0 Å². The minimum Gasteiger partial charge on any atom is -0.469 e. The maximum absolute atomic E-state index is 11.0. The summed E-state index contributed by atoms with van der Waals surface area (Å²) in [5, 5.41) is 0. The Kier molecular flexibility index (Phi) is 6.29. The third-order valence-electron chi connectivity index (χ3n) is 1.73. The molecule has 1 heterocycles. The first-order valence-corrected chi connectivity index (χ1v) is 5.18. The molecule has 0 aliphatic heterocycles. The fourth-order valence-corrected chi connectivity index (χ4v) is 0.942. The summed E-state index contributed by atoms with van der Waals surface area (Å²) in [6, 6.07) is 9.96. The van der Waals surface area contributed by atoms with E-state index in [1.807, 2.05) is 6.07 Å². The second-order valence-corrected chi connectivity index (χ2v) is 3.01. The Morgan fingerprint density at radius 2 is 1.39 bits per heavy atom. The standard InChI is InChI=1S/C13H14N2O3/c14-13(16)15-7-5-3-1-2-4-6-9-17-11-12-18-10-8-15/h1-12H,(H2,14,16). The van der Waals surface area contributed by atoms with Gasteiger partial charge in [0.2, 0.25) is 0 Å². The van der Waals surface area contributed by atoms with Gasteiger partial charge in [-0.15, -0.1) is 0 Å². The quantitative estimate of drug-likeness (QED) is 0.764. The second kappa shape index (κ2) is 8.46. The molecule has 1 amide bonds. The van der Waals surface area contributed by atoms with E-state index in [-0.39, 0.29) is 0 Å². The minimum atomic E-state index is -0.610. The van der Waals surface area contributed by atoms with Crippen LogP contribution < -0.4 is 5.73 Å². The Balaban J connectivity index is 3.25. The number of hydrogen-bond acceptors (Lipinski definition) is 3. The van der Waals surface area contributed by atoms with Gasteiger partial charge in [-0.1, -0.05) is 24.3 Å². The molecule has 0 aliphatic rings. The lowest BCUT2D eigenvalue weighted by atomic mass is 10.5. The molecule has 18 heavy (non-hydrogen) atoms. The Morgan fingerprint density at radius 1 is 0.778 bits per heavy atom. The number of amides is 1. The number of rotatable bonds is 0. The molecule has 0 atom stereocenters. The van der Waals surface area contributed by atoms with E-state index < -0.39 is 6.03 Å². The Bertz CT molecular complexity index is 485. The van der Waals surface area contributed by atoms with E-state index >= 15 is 0 Å². The second-order valence-electron chi connectivity index (χ2n) is 3.01. The van der Waals surface area contributed by atoms with Crippen LogP contribution >= 0.6 is 0 Å². The zero-order valence-corrected chi connectivity index (χ0v) is 9.68. The number of aromatic nitrogens is 1. The van der Waals surface area contributed by atoms with E-state index in [4.69, 9.17) is 14.6 Å². The van der Waals surface area contributed by atoms with Gasteiger partial charge >= 0.3 is 6.03 Å². The number of carbonyl (C=O) groups excluding carboxylic acids is 1. The van der Waals surface area contributed by atoms with Crippen LogP contribution in [0, 0.1) is 0 Å². The van der Waals surface area contributed by atoms with Crippen molar-refractivity contribution >= 4 is 6.03 Å². The highest BCUT2D eigenvalue weighted by Crippen LogP contribution is 1.83. The van der Waals surface area contributed by atoms with Crippen molar-refractivity contribution in [3.05, 3.63) is 73.8 Å². The molecule has 1 aromatic heterocycles. The number of nitrogens with zero attached hydrogens (tertiary/aromatic N) is 1. The Morgan fingerprint density at radius 3 is 2.11 bits per heavy atom. The molecule has 5 heteroatoms. The summed E-state index contributed by atoms with van der Waals surface area (Å²) < 4.78 is 11.1. The molecule has 0 unspecified atom stereocenters. The van der Waals surface area contributed by atoms with Crippen LogP contribution in [0.4, 0.5) is 4.79 Å². The van der Waals surface area contributed by atoms with Crippen molar-refractivity contribution in [2.24, 2.45) is 5.73 Å². The molecule has 0 aliphatic carbocycles. The third-order valence-corrected chi connectivity index (χ3v) is 1.73. The van der Waals surface area contributed by atoms with E-state index in [0.717, 1.165) is 0 Å². The van der Waals surface area contributed by atoms with Gasteiger partial charge in [0, 0.05) is 12.4 Å². The summed E-state index contributed by atoms with van der Waals surface area (Å²) in [5.41, 5.74) is 5.17. The van der Waals surface area contributed by atoms with E-state index in [1.54, 1.807) is 30.3 Å². The summed E-state index contributed by atoms with van der Waals surface area (Å²) >= 11 is 0. The zero-order valence-electron chi connectivity index (χ0n) is 9.68. The molecule has 0 bridgehead atoms. The van der Waals surface area contributed by atoms with Gasteiger partial charge in [-0.2, -0.15) is 0 Å². The number of primary amides is 1. The molecule has 5 nitrogen and oxygen atoms in total. The highest BCUT2D eigenvalue weighted by atomic mass is 16.4. The molecule has 1 aromatic rings. The summed E-state index contributed by atoms with van der Waals surface area (Å²) in [5.74, 6) is 0. The van der Waals surface area contributed by atoms with Gasteiger partial charge in [-0.3, -0.25) is 4.57 Å². The van der Waals surface area contributed by atoms with Gasteiger partial charge in [0.15, 0.2) is 0 Å². The topological polar surface area (TPSA) is 74.3 Å². The molecule has 94 valence electrons. The first-order valence-electron chi connectivity index (χ1n) is 5.18. The minimum absolute atomic E-state index is 0.610. The van der Waals surface area contributed by atoms with Crippen LogP contribution in [0.3, 0.4) is 0 Å². The summed E-state index contributed by atoms with van der Waals surface area (Å²) in [6.07, 6.45) is 8.39. The lowest BCUT2D eigenvalue weighted by Crippen LogP contribution is -2.17. The molecule has 0 spiro atoms. The monoisotopic (exact) mass is 246 g/mol. The SMILES string of the molecule is NC(=O)n1ccccccccoccocc1. The first kappa shape index (κ1) is 13.4. The maximum Gasteiger partial charge on any atom is 0.322 e. The molecule has 0 saturated heterocycles. The predicted molar refractivity (Wildman–Crippen MR) is 66.8 cm³/mol. The third kappa shape index (κ3) is 6.02.